The van der Waals surface area contributed by atoms with Gasteiger partial charge in [-0.25, -0.2) is 4.98 Å². The summed E-state index contributed by atoms with van der Waals surface area (Å²) < 4.78 is 64.4. The predicted octanol–water partition coefficient (Wildman–Crippen LogP) is 5.08. The van der Waals surface area contributed by atoms with Crippen LogP contribution < -0.4 is 4.74 Å². The fourth-order valence-corrected chi connectivity index (χ4v) is 4.52. The maximum Gasteiger partial charge on any atom is 0.433 e. The smallest absolute Gasteiger partial charge is 0.433 e. The molecule has 0 spiro atoms. The monoisotopic (exact) mass is 460 g/mol. The maximum atomic E-state index is 13.2. The van der Waals surface area contributed by atoms with E-state index in [9.17, 15) is 13.2 Å². The van der Waals surface area contributed by atoms with Gasteiger partial charge < -0.3 is 18.9 Å². The maximum absolute atomic E-state index is 13.2. The molecule has 5 atom stereocenters. The van der Waals surface area contributed by atoms with Crippen LogP contribution in [0.5, 0.6) is 5.88 Å². The zero-order chi connectivity index (χ0) is 23.4. The first-order chi connectivity index (χ1) is 15.6. The highest BCUT2D eigenvalue weighted by Gasteiger charge is 2.55. The standard InChI is InChI=1S/C24H23F3N2O4/c1-13-19-22(33-23(2,3)32-19)21(31-18-10-6-9-17(29-18)24(25,26)27)20(30-13)15-11-12-28-16-8-5-4-7-14(15)16/h4-13,19-22H,1-3H3/t13-,19+,20?,21+,22+/m1/s1. The molecule has 0 saturated carbocycles. The minimum atomic E-state index is -4.59. The van der Waals surface area contributed by atoms with Gasteiger partial charge in [-0.1, -0.05) is 24.3 Å². The van der Waals surface area contributed by atoms with Crippen LogP contribution in [-0.2, 0) is 20.4 Å². The topological polar surface area (TPSA) is 62.7 Å². The van der Waals surface area contributed by atoms with E-state index in [1.807, 2.05) is 37.3 Å². The molecule has 1 aromatic carbocycles. The average Bonchev–Trinajstić information content (AvgIpc) is 3.11. The zero-order valence-corrected chi connectivity index (χ0v) is 18.2. The summed E-state index contributed by atoms with van der Waals surface area (Å²) in [4.78, 5) is 8.09. The van der Waals surface area contributed by atoms with E-state index in [1.165, 1.54) is 12.1 Å². The normalized spacial score (nSPS) is 29.1. The van der Waals surface area contributed by atoms with Crippen LogP contribution in [0.2, 0.25) is 0 Å². The van der Waals surface area contributed by atoms with Crippen molar-refractivity contribution in [3.05, 3.63) is 66.0 Å². The first kappa shape index (κ1) is 22.1. The molecule has 2 aromatic heterocycles. The van der Waals surface area contributed by atoms with E-state index in [2.05, 4.69) is 9.97 Å². The van der Waals surface area contributed by atoms with E-state index in [4.69, 9.17) is 18.9 Å². The second-order valence-corrected chi connectivity index (χ2v) is 8.69. The van der Waals surface area contributed by atoms with Crippen LogP contribution in [-0.4, -0.2) is 40.2 Å². The van der Waals surface area contributed by atoms with Crippen molar-refractivity contribution in [2.75, 3.05) is 0 Å². The van der Waals surface area contributed by atoms with Gasteiger partial charge in [0.15, 0.2) is 11.9 Å². The molecular formula is C24H23F3N2O4. The number of hydrogen-bond donors (Lipinski definition) is 0. The molecular weight excluding hydrogens is 437 g/mol. The Balaban J connectivity index is 1.58. The Morgan fingerprint density at radius 2 is 1.73 bits per heavy atom. The van der Waals surface area contributed by atoms with E-state index in [1.54, 1.807) is 20.0 Å². The van der Waals surface area contributed by atoms with Crippen LogP contribution >= 0.6 is 0 Å². The average molecular weight is 460 g/mol. The molecule has 1 unspecified atom stereocenters. The lowest BCUT2D eigenvalue weighted by atomic mass is 9.90. The van der Waals surface area contributed by atoms with Gasteiger partial charge in [-0.3, -0.25) is 4.98 Å². The molecule has 0 N–H and O–H groups in total. The van der Waals surface area contributed by atoms with Crippen molar-refractivity contribution in [1.29, 1.82) is 0 Å². The van der Waals surface area contributed by atoms with Crippen LogP contribution in [0.15, 0.2) is 54.7 Å². The van der Waals surface area contributed by atoms with Crippen molar-refractivity contribution in [3.8, 4) is 5.88 Å². The molecule has 3 aromatic rings. The summed E-state index contributed by atoms with van der Waals surface area (Å²) in [6.07, 6.45) is -5.76. The molecule has 2 fully saturated rings. The number of alkyl halides is 3. The highest BCUT2D eigenvalue weighted by molar-refractivity contribution is 5.82. The third kappa shape index (κ3) is 4.16. The Hall–Kier alpha value is -2.75. The largest absolute Gasteiger partial charge is 0.468 e. The molecule has 5 rings (SSSR count). The van der Waals surface area contributed by atoms with Gasteiger partial charge in [-0.05, 0) is 44.5 Å². The Bertz CT molecular complexity index is 1160. The van der Waals surface area contributed by atoms with Gasteiger partial charge in [0.1, 0.15) is 24.0 Å². The zero-order valence-electron chi connectivity index (χ0n) is 18.2. The van der Waals surface area contributed by atoms with Crippen molar-refractivity contribution in [2.45, 2.75) is 63.3 Å². The molecule has 0 aliphatic carbocycles. The van der Waals surface area contributed by atoms with Gasteiger partial charge in [-0.15, -0.1) is 0 Å². The third-order valence-electron chi connectivity index (χ3n) is 5.87. The molecule has 2 aliphatic rings. The number of halogens is 3. The van der Waals surface area contributed by atoms with Crippen LogP contribution in [0.3, 0.4) is 0 Å². The number of nitrogens with zero attached hydrogens (tertiary/aromatic N) is 2. The minimum Gasteiger partial charge on any atom is -0.468 e. The predicted molar refractivity (Wildman–Crippen MR) is 113 cm³/mol. The Morgan fingerprint density at radius 1 is 0.970 bits per heavy atom. The number of pyridine rings is 2. The Labute approximate surface area is 188 Å². The minimum absolute atomic E-state index is 0.164. The van der Waals surface area contributed by atoms with E-state index >= 15 is 0 Å². The summed E-state index contributed by atoms with van der Waals surface area (Å²) in [5, 5.41) is 0.861. The molecule has 33 heavy (non-hydrogen) atoms. The lowest BCUT2D eigenvalue weighted by Crippen LogP contribution is -2.54. The van der Waals surface area contributed by atoms with Crippen molar-refractivity contribution < 1.29 is 32.1 Å². The summed E-state index contributed by atoms with van der Waals surface area (Å²) in [6.45, 7) is 5.46. The number of aromatic nitrogens is 2. The van der Waals surface area contributed by atoms with E-state index in [0.29, 0.717) is 0 Å². The quantitative estimate of drug-likeness (QED) is 0.544. The van der Waals surface area contributed by atoms with Gasteiger partial charge in [0.25, 0.3) is 0 Å². The lowest BCUT2D eigenvalue weighted by Gasteiger charge is -2.41. The fourth-order valence-electron chi connectivity index (χ4n) is 4.52. The van der Waals surface area contributed by atoms with Crippen molar-refractivity contribution in [2.24, 2.45) is 0 Å². The molecule has 174 valence electrons. The first-order valence-corrected chi connectivity index (χ1v) is 10.7. The summed E-state index contributed by atoms with van der Waals surface area (Å²) >= 11 is 0. The van der Waals surface area contributed by atoms with Crippen LogP contribution in [0.4, 0.5) is 13.2 Å². The number of hydrogen-bond acceptors (Lipinski definition) is 6. The Morgan fingerprint density at radius 3 is 2.52 bits per heavy atom. The number of benzene rings is 1. The van der Waals surface area contributed by atoms with Gasteiger partial charge >= 0.3 is 6.18 Å². The SMILES string of the molecule is C[C@H]1OC(c2ccnc3ccccc23)[C@H](Oc2cccc(C(F)(F)F)n2)[C@H]2OC(C)(C)O[C@H]21. The van der Waals surface area contributed by atoms with Crippen molar-refractivity contribution >= 4 is 10.9 Å². The molecule has 0 amide bonds. The fraction of sp³-hybridized carbons (Fsp3) is 0.417. The van der Waals surface area contributed by atoms with Gasteiger partial charge in [0.05, 0.1) is 11.6 Å². The number of ether oxygens (including phenoxy) is 4. The highest BCUT2D eigenvalue weighted by Crippen LogP contribution is 2.44. The van der Waals surface area contributed by atoms with Crippen LogP contribution in [0, 0.1) is 0 Å². The molecule has 0 bridgehead atoms. The van der Waals surface area contributed by atoms with Gasteiger partial charge in [-0.2, -0.15) is 13.2 Å². The van der Waals surface area contributed by atoms with E-state index < -0.39 is 42.1 Å². The third-order valence-corrected chi connectivity index (χ3v) is 5.87. The summed E-state index contributed by atoms with van der Waals surface area (Å²) in [7, 11) is 0. The second kappa shape index (κ2) is 7.93. The molecule has 2 saturated heterocycles. The van der Waals surface area contributed by atoms with Gasteiger partial charge in [0, 0.05) is 17.6 Å². The summed E-state index contributed by atoms with van der Waals surface area (Å²) in [6, 6.07) is 13.0. The molecule has 6 nitrogen and oxygen atoms in total. The van der Waals surface area contributed by atoms with Crippen LogP contribution in [0.1, 0.15) is 38.1 Å². The number of fused-ring (bicyclic) bond motifs is 2. The van der Waals surface area contributed by atoms with Crippen molar-refractivity contribution in [1.82, 2.24) is 9.97 Å². The molecule has 4 heterocycles. The van der Waals surface area contributed by atoms with Crippen molar-refractivity contribution in [3.63, 3.8) is 0 Å². The number of para-hydroxylation sites is 1. The van der Waals surface area contributed by atoms with Crippen LogP contribution in [0.25, 0.3) is 10.9 Å². The highest BCUT2D eigenvalue weighted by atomic mass is 19.4. The second-order valence-electron chi connectivity index (χ2n) is 8.69. The number of rotatable bonds is 3. The molecule has 9 heteroatoms. The Kier molecular flexibility index (Phi) is 5.30. The van der Waals surface area contributed by atoms with Gasteiger partial charge in [0.2, 0.25) is 5.88 Å². The van der Waals surface area contributed by atoms with E-state index in [0.717, 1.165) is 22.5 Å². The summed E-state index contributed by atoms with van der Waals surface area (Å²) in [5.74, 6) is -1.06. The molecule has 2 aliphatic heterocycles. The lowest BCUT2D eigenvalue weighted by molar-refractivity contribution is -0.176. The summed E-state index contributed by atoms with van der Waals surface area (Å²) in [5.41, 5.74) is 0.542. The molecule has 0 radical (unpaired) electrons. The van der Waals surface area contributed by atoms with E-state index in [-0.39, 0.29) is 12.0 Å². The first-order valence-electron chi connectivity index (χ1n) is 10.7.